The summed E-state index contributed by atoms with van der Waals surface area (Å²) in [5.41, 5.74) is 1.13. The van der Waals surface area contributed by atoms with Crippen molar-refractivity contribution in [2.75, 3.05) is 25.5 Å². The van der Waals surface area contributed by atoms with E-state index in [1.54, 1.807) is 6.92 Å². The van der Waals surface area contributed by atoms with Gasteiger partial charge in [-0.3, -0.25) is 10.00 Å². The number of hydrogen-bond donors (Lipinski definition) is 2. The lowest BCUT2D eigenvalue weighted by Gasteiger charge is -2.45. The number of rotatable bonds is 2. The zero-order valence-corrected chi connectivity index (χ0v) is 18.3. The Morgan fingerprint density at radius 1 is 1.27 bits per heavy atom. The lowest BCUT2D eigenvalue weighted by molar-refractivity contribution is 0.0457. The van der Waals surface area contributed by atoms with E-state index in [4.69, 9.17) is 0 Å². The number of carbonyl (C=O) groups is 1. The summed E-state index contributed by atoms with van der Waals surface area (Å²) in [5.74, 6) is 0.454. The van der Waals surface area contributed by atoms with Crippen molar-refractivity contribution in [3.05, 3.63) is 29.1 Å². The molecule has 0 spiro atoms. The minimum Gasteiger partial charge on any atom is -0.321 e. The van der Waals surface area contributed by atoms with Crippen molar-refractivity contribution in [2.24, 2.45) is 0 Å². The lowest BCUT2D eigenvalue weighted by Crippen LogP contribution is -2.60. The summed E-state index contributed by atoms with van der Waals surface area (Å²) < 4.78 is 14.1. The Morgan fingerprint density at radius 3 is 2.73 bits per heavy atom. The number of aryl methyl sites for hydroxylation is 1. The van der Waals surface area contributed by atoms with Crippen LogP contribution in [0, 0.1) is 12.7 Å². The van der Waals surface area contributed by atoms with E-state index in [-0.39, 0.29) is 17.9 Å². The largest absolute Gasteiger partial charge is 0.321 e. The van der Waals surface area contributed by atoms with Gasteiger partial charge in [0.2, 0.25) is 0 Å². The Bertz CT molecular complexity index is 974. The number of nitrogens with one attached hydrogen (secondary N) is 2. The van der Waals surface area contributed by atoms with Crippen LogP contribution < -0.4 is 5.32 Å². The summed E-state index contributed by atoms with van der Waals surface area (Å²) in [6.07, 6.45) is 1.13. The zero-order chi connectivity index (χ0) is 21.8. The van der Waals surface area contributed by atoms with Crippen LogP contribution in [-0.2, 0) is 12.1 Å². The Labute approximate surface area is 175 Å². The molecule has 4 heterocycles. The number of piperazine rings is 1. The number of carbonyl (C=O) groups excluding carboxylic acids is 1. The van der Waals surface area contributed by atoms with Crippen molar-refractivity contribution in [3.63, 3.8) is 0 Å². The number of aromatic amines is 1. The lowest BCUT2D eigenvalue weighted by atomic mass is 10.0. The minimum absolute atomic E-state index is 0.00654. The van der Waals surface area contributed by atoms with E-state index in [0.29, 0.717) is 30.8 Å². The third-order valence-electron chi connectivity index (χ3n) is 6.35. The summed E-state index contributed by atoms with van der Waals surface area (Å²) in [6, 6.07) is 0.436. The number of likely N-dealkylation sites (N-methyl/N-ethyl adjacent to an activating group) is 1. The predicted molar refractivity (Wildman–Crippen MR) is 111 cm³/mol. The molecule has 2 aliphatic rings. The number of aromatic nitrogens is 4. The van der Waals surface area contributed by atoms with E-state index in [1.165, 1.54) is 0 Å². The Hall–Kier alpha value is -2.75. The molecule has 0 bridgehead atoms. The first-order valence-electron chi connectivity index (χ1n) is 10.2. The van der Waals surface area contributed by atoms with Crippen LogP contribution in [0.1, 0.15) is 44.8 Å². The third-order valence-corrected chi connectivity index (χ3v) is 6.35. The van der Waals surface area contributed by atoms with Crippen LogP contribution in [-0.4, -0.2) is 73.1 Å². The highest BCUT2D eigenvalue weighted by Crippen LogP contribution is 2.42. The fourth-order valence-electron chi connectivity index (χ4n) is 4.30. The SMILES string of the molecule is Cc1ncc(F)c(Nc2n[nH]c3c2CN(C(=O)N2C[C@@H](C)N(C)C[C@@H]2C)C3(C)C)n1. The molecule has 2 amide bonds. The van der Waals surface area contributed by atoms with Gasteiger partial charge in [-0.15, -0.1) is 0 Å². The number of nitrogens with zero attached hydrogens (tertiary/aromatic N) is 6. The van der Waals surface area contributed by atoms with Crippen molar-refractivity contribution >= 4 is 17.7 Å². The van der Waals surface area contributed by atoms with Crippen LogP contribution in [0.2, 0.25) is 0 Å². The second-order valence-corrected chi connectivity index (χ2v) is 8.88. The standard InChI is InChI=1S/C20H29FN8O/c1-11-9-28(12(2)8-27(11)6)19(30)29-10-14-16(20(29,4)5)25-26-17(14)24-18-15(21)7-22-13(3)23-18/h7,11-12H,8-10H2,1-6H3,(H2,22,23,24,25,26)/t11-,12+/m1/s1. The molecule has 4 rings (SSSR count). The Balaban J connectivity index is 1.59. The molecule has 162 valence electrons. The van der Waals surface area contributed by atoms with Gasteiger partial charge in [-0.1, -0.05) is 0 Å². The van der Waals surface area contributed by atoms with E-state index >= 15 is 0 Å². The van der Waals surface area contributed by atoms with E-state index < -0.39 is 11.4 Å². The van der Waals surface area contributed by atoms with Gasteiger partial charge in [0.1, 0.15) is 5.82 Å². The zero-order valence-electron chi connectivity index (χ0n) is 18.3. The predicted octanol–water partition coefficient (Wildman–Crippen LogP) is 2.59. The number of halogens is 1. The summed E-state index contributed by atoms with van der Waals surface area (Å²) in [7, 11) is 2.09. The molecular formula is C20H29FN8O. The van der Waals surface area contributed by atoms with Gasteiger partial charge in [0.25, 0.3) is 0 Å². The molecule has 0 aliphatic carbocycles. The maximum atomic E-state index is 14.1. The molecule has 0 radical (unpaired) electrons. The smallest absolute Gasteiger partial charge is 0.321 e. The van der Waals surface area contributed by atoms with E-state index in [9.17, 15) is 9.18 Å². The van der Waals surface area contributed by atoms with Gasteiger partial charge in [0, 0.05) is 30.7 Å². The minimum atomic E-state index is -0.564. The van der Waals surface area contributed by atoms with Crippen LogP contribution in [0.5, 0.6) is 0 Å². The molecule has 10 heteroatoms. The van der Waals surface area contributed by atoms with Gasteiger partial charge in [-0.25, -0.2) is 19.2 Å². The van der Waals surface area contributed by atoms with Crippen molar-refractivity contribution in [2.45, 2.75) is 58.8 Å². The molecule has 30 heavy (non-hydrogen) atoms. The molecule has 2 N–H and O–H groups in total. The maximum Gasteiger partial charge on any atom is 0.321 e. The van der Waals surface area contributed by atoms with Crippen molar-refractivity contribution < 1.29 is 9.18 Å². The molecule has 2 aliphatic heterocycles. The second kappa shape index (κ2) is 7.19. The van der Waals surface area contributed by atoms with Crippen LogP contribution in [0.3, 0.4) is 0 Å². The maximum absolute atomic E-state index is 14.1. The van der Waals surface area contributed by atoms with Crippen molar-refractivity contribution in [1.82, 2.24) is 34.9 Å². The third kappa shape index (κ3) is 3.28. The number of fused-ring (bicyclic) bond motifs is 1. The molecule has 1 fully saturated rings. The highest BCUT2D eigenvalue weighted by atomic mass is 19.1. The van der Waals surface area contributed by atoms with Gasteiger partial charge in [-0.2, -0.15) is 5.10 Å². The van der Waals surface area contributed by atoms with E-state index in [2.05, 4.69) is 51.3 Å². The number of hydrogen-bond acceptors (Lipinski definition) is 6. The average Bonchev–Trinajstić information content (AvgIpc) is 3.19. The monoisotopic (exact) mass is 416 g/mol. The first-order valence-corrected chi connectivity index (χ1v) is 10.2. The summed E-state index contributed by atoms with van der Waals surface area (Å²) in [6.45, 7) is 11.8. The molecule has 1 saturated heterocycles. The highest BCUT2D eigenvalue weighted by molar-refractivity contribution is 5.78. The fourth-order valence-corrected chi connectivity index (χ4v) is 4.30. The fraction of sp³-hybridized carbons (Fsp3) is 0.600. The van der Waals surface area contributed by atoms with Crippen molar-refractivity contribution in [1.29, 1.82) is 0 Å². The molecule has 0 saturated carbocycles. The summed E-state index contributed by atoms with van der Waals surface area (Å²) in [5, 5.41) is 10.3. The first kappa shape index (κ1) is 20.5. The molecule has 2 aromatic heterocycles. The van der Waals surface area contributed by atoms with Gasteiger partial charge < -0.3 is 15.1 Å². The summed E-state index contributed by atoms with van der Waals surface area (Å²) in [4.78, 5) is 27.6. The molecule has 0 unspecified atom stereocenters. The first-order chi connectivity index (χ1) is 14.1. The van der Waals surface area contributed by atoms with Gasteiger partial charge in [0.05, 0.1) is 24.0 Å². The normalized spacial score (nSPS) is 23.6. The molecule has 2 aromatic rings. The van der Waals surface area contributed by atoms with Gasteiger partial charge >= 0.3 is 6.03 Å². The Kier molecular flexibility index (Phi) is 4.92. The van der Waals surface area contributed by atoms with Crippen LogP contribution >= 0.6 is 0 Å². The average molecular weight is 417 g/mol. The second-order valence-electron chi connectivity index (χ2n) is 8.88. The number of urea groups is 1. The van der Waals surface area contributed by atoms with E-state index in [1.807, 2.05) is 23.6 Å². The van der Waals surface area contributed by atoms with Gasteiger partial charge in [-0.05, 0) is 41.7 Å². The van der Waals surface area contributed by atoms with Crippen LogP contribution in [0.25, 0.3) is 0 Å². The summed E-state index contributed by atoms with van der Waals surface area (Å²) >= 11 is 0. The topological polar surface area (TPSA) is 93.3 Å². The number of anilines is 2. The van der Waals surface area contributed by atoms with Crippen LogP contribution in [0.4, 0.5) is 20.8 Å². The molecule has 0 aromatic carbocycles. The molecule has 2 atom stereocenters. The number of amides is 2. The van der Waals surface area contributed by atoms with Gasteiger partial charge in [0.15, 0.2) is 17.5 Å². The Morgan fingerprint density at radius 2 is 2.00 bits per heavy atom. The van der Waals surface area contributed by atoms with E-state index in [0.717, 1.165) is 24.0 Å². The van der Waals surface area contributed by atoms with Crippen molar-refractivity contribution in [3.8, 4) is 0 Å². The number of H-pyrrole nitrogens is 1. The molecule has 9 nitrogen and oxygen atoms in total. The quantitative estimate of drug-likeness (QED) is 0.782. The highest BCUT2D eigenvalue weighted by Gasteiger charge is 2.46. The van der Waals surface area contributed by atoms with Crippen LogP contribution in [0.15, 0.2) is 6.20 Å². The molecular weight excluding hydrogens is 387 g/mol.